The lowest BCUT2D eigenvalue weighted by Gasteiger charge is -2.15. The van der Waals surface area contributed by atoms with Crippen molar-refractivity contribution in [1.82, 2.24) is 5.32 Å². The molecule has 0 fully saturated rings. The number of thioether (sulfide) groups is 1. The molecule has 1 N–H and O–H groups in total. The van der Waals surface area contributed by atoms with Crippen LogP contribution in [0.1, 0.15) is 18.7 Å². The van der Waals surface area contributed by atoms with Gasteiger partial charge in [-0.15, -0.1) is 11.3 Å². The molecule has 1 aromatic heterocycles. The maximum absolute atomic E-state index is 5.93. The fourth-order valence-electron chi connectivity index (χ4n) is 1.39. The van der Waals surface area contributed by atoms with E-state index in [4.69, 9.17) is 11.6 Å². The predicted molar refractivity (Wildman–Crippen MR) is 78.0 cm³/mol. The van der Waals surface area contributed by atoms with Crippen molar-refractivity contribution >= 4 is 34.7 Å². The smallest absolute Gasteiger partial charge is 0.0931 e. The van der Waals surface area contributed by atoms with Crippen LogP contribution < -0.4 is 5.32 Å². The van der Waals surface area contributed by atoms with Crippen molar-refractivity contribution in [2.45, 2.75) is 26.3 Å². The Morgan fingerprint density at radius 2 is 2.12 bits per heavy atom. The van der Waals surface area contributed by atoms with Gasteiger partial charge in [-0.05, 0) is 37.3 Å². The summed E-state index contributed by atoms with van der Waals surface area (Å²) in [6.45, 7) is 4.53. The summed E-state index contributed by atoms with van der Waals surface area (Å²) in [5.41, 5.74) is 0. The summed E-state index contributed by atoms with van der Waals surface area (Å²) in [6.07, 6.45) is 1.08. The Labute approximate surface area is 112 Å². The predicted octanol–water partition coefficient (Wildman–Crippen LogP) is 3.92. The van der Waals surface area contributed by atoms with E-state index in [2.05, 4.69) is 25.2 Å². The van der Waals surface area contributed by atoms with Crippen LogP contribution in [-0.2, 0) is 6.42 Å². The van der Waals surface area contributed by atoms with Crippen molar-refractivity contribution in [2.75, 3.05) is 18.6 Å². The third-order valence-electron chi connectivity index (χ3n) is 2.25. The average molecular weight is 278 g/mol. The molecular weight excluding hydrogens is 258 g/mol. The van der Waals surface area contributed by atoms with Gasteiger partial charge in [-0.25, -0.2) is 0 Å². The number of rotatable bonds is 7. The van der Waals surface area contributed by atoms with Crippen LogP contribution in [0.15, 0.2) is 12.1 Å². The highest BCUT2D eigenvalue weighted by molar-refractivity contribution is 7.99. The second kappa shape index (κ2) is 7.59. The molecule has 92 valence electrons. The van der Waals surface area contributed by atoms with Crippen molar-refractivity contribution in [3.63, 3.8) is 0 Å². The quantitative estimate of drug-likeness (QED) is 0.811. The molecule has 1 aromatic rings. The third-order valence-corrected chi connectivity index (χ3v) is 5.05. The summed E-state index contributed by atoms with van der Waals surface area (Å²) >= 11 is 9.64. The number of likely N-dealkylation sites (N-methyl/N-ethyl adjacent to an activating group) is 1. The molecule has 0 bridgehead atoms. The van der Waals surface area contributed by atoms with E-state index < -0.39 is 0 Å². The van der Waals surface area contributed by atoms with Gasteiger partial charge in [0.1, 0.15) is 0 Å². The van der Waals surface area contributed by atoms with Crippen molar-refractivity contribution in [1.29, 1.82) is 0 Å². The first-order valence-electron chi connectivity index (χ1n) is 5.61. The SMILES string of the molecule is CNC(CSCC(C)C)Cc1ccc(Cl)s1. The Morgan fingerprint density at radius 1 is 1.38 bits per heavy atom. The first-order valence-corrected chi connectivity index (χ1v) is 7.96. The maximum atomic E-state index is 5.93. The molecule has 1 rings (SSSR count). The van der Waals surface area contributed by atoms with E-state index in [9.17, 15) is 0 Å². The molecule has 0 aliphatic carbocycles. The molecule has 1 atom stereocenters. The molecule has 0 aliphatic heterocycles. The van der Waals surface area contributed by atoms with Crippen LogP contribution in [0, 0.1) is 5.92 Å². The van der Waals surface area contributed by atoms with Gasteiger partial charge in [-0.3, -0.25) is 0 Å². The van der Waals surface area contributed by atoms with Crippen LogP contribution >= 0.6 is 34.7 Å². The largest absolute Gasteiger partial charge is 0.316 e. The lowest BCUT2D eigenvalue weighted by Crippen LogP contribution is -2.30. The van der Waals surface area contributed by atoms with E-state index in [0.29, 0.717) is 6.04 Å². The van der Waals surface area contributed by atoms with Gasteiger partial charge in [0.15, 0.2) is 0 Å². The van der Waals surface area contributed by atoms with Crippen molar-refractivity contribution in [3.05, 3.63) is 21.3 Å². The lowest BCUT2D eigenvalue weighted by molar-refractivity contribution is 0.620. The van der Waals surface area contributed by atoms with Crippen LogP contribution in [0.25, 0.3) is 0 Å². The first-order chi connectivity index (χ1) is 7.61. The van der Waals surface area contributed by atoms with Crippen LogP contribution in [0.5, 0.6) is 0 Å². The number of nitrogens with one attached hydrogen (secondary N) is 1. The molecule has 4 heteroatoms. The van der Waals surface area contributed by atoms with Gasteiger partial charge in [0.2, 0.25) is 0 Å². The topological polar surface area (TPSA) is 12.0 Å². The standard InChI is InChI=1S/C12H20ClNS2/c1-9(2)7-15-8-10(14-3)6-11-4-5-12(13)16-11/h4-5,9-10,14H,6-8H2,1-3H3. The Bertz CT molecular complexity index is 299. The van der Waals surface area contributed by atoms with E-state index in [1.54, 1.807) is 11.3 Å². The third kappa shape index (κ3) is 5.58. The first kappa shape index (κ1) is 14.4. The van der Waals surface area contributed by atoms with Crippen LogP contribution in [0.4, 0.5) is 0 Å². The summed E-state index contributed by atoms with van der Waals surface area (Å²) in [6, 6.07) is 4.67. The number of hydrogen-bond acceptors (Lipinski definition) is 3. The van der Waals surface area contributed by atoms with E-state index in [1.807, 2.05) is 24.9 Å². The van der Waals surface area contributed by atoms with Gasteiger partial charge in [-0.1, -0.05) is 25.4 Å². The highest BCUT2D eigenvalue weighted by Crippen LogP contribution is 2.23. The molecule has 0 spiro atoms. The minimum Gasteiger partial charge on any atom is -0.316 e. The number of hydrogen-bond donors (Lipinski definition) is 1. The van der Waals surface area contributed by atoms with E-state index in [0.717, 1.165) is 16.7 Å². The minimum atomic E-state index is 0.554. The van der Waals surface area contributed by atoms with Gasteiger partial charge in [-0.2, -0.15) is 11.8 Å². The molecule has 0 radical (unpaired) electrons. The second-order valence-corrected chi connectivity index (χ2v) is 7.20. The molecule has 0 saturated carbocycles. The van der Waals surface area contributed by atoms with Crippen LogP contribution in [0.3, 0.4) is 0 Å². The van der Waals surface area contributed by atoms with Crippen LogP contribution in [0.2, 0.25) is 4.34 Å². The maximum Gasteiger partial charge on any atom is 0.0931 e. The second-order valence-electron chi connectivity index (χ2n) is 4.33. The number of thiophene rings is 1. The highest BCUT2D eigenvalue weighted by Gasteiger charge is 2.09. The summed E-state index contributed by atoms with van der Waals surface area (Å²) in [4.78, 5) is 1.37. The average Bonchev–Trinajstić information content (AvgIpc) is 2.62. The summed E-state index contributed by atoms with van der Waals surface area (Å²) in [5, 5.41) is 3.38. The van der Waals surface area contributed by atoms with Crippen molar-refractivity contribution in [2.24, 2.45) is 5.92 Å². The monoisotopic (exact) mass is 277 g/mol. The van der Waals surface area contributed by atoms with Crippen LogP contribution in [-0.4, -0.2) is 24.6 Å². The van der Waals surface area contributed by atoms with E-state index >= 15 is 0 Å². The Hall–Kier alpha value is 0.300. The van der Waals surface area contributed by atoms with E-state index in [-0.39, 0.29) is 0 Å². The molecule has 1 heterocycles. The van der Waals surface area contributed by atoms with Gasteiger partial charge in [0.05, 0.1) is 4.34 Å². The van der Waals surface area contributed by atoms with Gasteiger partial charge >= 0.3 is 0 Å². The minimum absolute atomic E-state index is 0.554. The summed E-state index contributed by atoms with van der Waals surface area (Å²) in [7, 11) is 2.04. The fourth-order valence-corrected chi connectivity index (χ4v) is 3.74. The lowest BCUT2D eigenvalue weighted by atomic mass is 10.2. The number of halogens is 1. The molecule has 16 heavy (non-hydrogen) atoms. The fraction of sp³-hybridized carbons (Fsp3) is 0.667. The molecule has 0 saturated heterocycles. The van der Waals surface area contributed by atoms with Gasteiger partial charge in [0.25, 0.3) is 0 Å². The zero-order valence-corrected chi connectivity index (χ0v) is 12.5. The molecule has 1 unspecified atom stereocenters. The van der Waals surface area contributed by atoms with Crippen molar-refractivity contribution < 1.29 is 0 Å². The molecule has 0 amide bonds. The van der Waals surface area contributed by atoms with Gasteiger partial charge < -0.3 is 5.32 Å². The molecule has 0 aromatic carbocycles. The molecular formula is C12H20ClNS2. The Kier molecular flexibility index (Phi) is 6.81. The zero-order chi connectivity index (χ0) is 12.0. The molecule has 1 nitrogen and oxygen atoms in total. The summed E-state index contributed by atoms with van der Waals surface area (Å²) < 4.78 is 0.889. The Balaban J connectivity index is 2.31. The highest BCUT2D eigenvalue weighted by atomic mass is 35.5. The van der Waals surface area contributed by atoms with E-state index in [1.165, 1.54) is 16.4 Å². The van der Waals surface area contributed by atoms with Crippen molar-refractivity contribution in [3.8, 4) is 0 Å². The molecule has 0 aliphatic rings. The summed E-state index contributed by atoms with van der Waals surface area (Å²) in [5.74, 6) is 3.19. The Morgan fingerprint density at radius 3 is 2.62 bits per heavy atom. The normalized spacial score (nSPS) is 13.3. The van der Waals surface area contributed by atoms with Gasteiger partial charge in [0, 0.05) is 16.7 Å². The zero-order valence-electron chi connectivity index (χ0n) is 10.1.